The molecule has 0 atom stereocenters. The van der Waals surface area contributed by atoms with Crippen LogP contribution in [0.25, 0.3) is 10.8 Å². The van der Waals surface area contributed by atoms with E-state index in [4.69, 9.17) is 11.1 Å². The first-order chi connectivity index (χ1) is 8.86. The summed E-state index contributed by atoms with van der Waals surface area (Å²) in [4.78, 5) is 4.04. The Morgan fingerprint density at radius 2 is 1.68 bits per heavy atom. The van der Waals surface area contributed by atoms with E-state index in [1.807, 2.05) is 12.1 Å². The van der Waals surface area contributed by atoms with E-state index in [1.54, 1.807) is 0 Å². The van der Waals surface area contributed by atoms with E-state index >= 15 is 0 Å². The van der Waals surface area contributed by atoms with Crippen LogP contribution >= 0.6 is 0 Å². The normalized spacial score (nSPS) is 14.7. The zero-order chi connectivity index (χ0) is 13.8. The van der Waals surface area contributed by atoms with Crippen LogP contribution in [0.3, 0.4) is 0 Å². The highest BCUT2D eigenvalue weighted by Gasteiger charge is 2.20. The van der Waals surface area contributed by atoms with Crippen molar-refractivity contribution in [3.8, 4) is 0 Å². The van der Waals surface area contributed by atoms with Gasteiger partial charge >= 0.3 is 0 Å². The van der Waals surface area contributed by atoms with Crippen molar-refractivity contribution in [3.63, 3.8) is 0 Å². The van der Waals surface area contributed by atoms with Gasteiger partial charge in [-0.15, -0.1) is 0 Å². The molecule has 0 radical (unpaired) electrons. The van der Waals surface area contributed by atoms with Crippen molar-refractivity contribution < 1.29 is 0 Å². The standard InChI is InChI=1S/C15H17N3Si/c1-19(2,3)11-5-4-9-7-12-13(8-10(9)6-11)15(17)18-14(12)16/h4-8H,1-3H3,(H3,16,17,18). The fourth-order valence-electron chi connectivity index (χ4n) is 2.41. The Labute approximate surface area is 113 Å². The number of fused-ring (bicyclic) bond motifs is 2. The van der Waals surface area contributed by atoms with Crippen molar-refractivity contribution in [1.82, 2.24) is 0 Å². The maximum Gasteiger partial charge on any atom is 0.154 e. The minimum atomic E-state index is -1.31. The predicted molar refractivity (Wildman–Crippen MR) is 84.5 cm³/mol. The summed E-state index contributed by atoms with van der Waals surface area (Å²) >= 11 is 0. The zero-order valence-electron chi connectivity index (χ0n) is 11.4. The van der Waals surface area contributed by atoms with Crippen LogP contribution < -0.4 is 10.9 Å². The summed E-state index contributed by atoms with van der Waals surface area (Å²) in [7, 11) is -1.31. The van der Waals surface area contributed by atoms with E-state index in [0.29, 0.717) is 5.84 Å². The Bertz CT molecular complexity index is 739. The molecule has 2 aromatic carbocycles. The number of hydrogen-bond acceptors (Lipinski definition) is 2. The third-order valence-corrected chi connectivity index (χ3v) is 5.65. The van der Waals surface area contributed by atoms with Crippen molar-refractivity contribution in [2.75, 3.05) is 0 Å². The second-order valence-electron chi connectivity index (χ2n) is 6.06. The maximum absolute atomic E-state index is 7.85. The number of rotatable bonds is 1. The molecule has 3 nitrogen and oxygen atoms in total. The first-order valence-corrected chi connectivity index (χ1v) is 9.88. The van der Waals surface area contributed by atoms with Gasteiger partial charge in [0.25, 0.3) is 0 Å². The number of aliphatic imine (C=N–C) groups is 1. The molecule has 0 aromatic heterocycles. The summed E-state index contributed by atoms with van der Waals surface area (Å²) in [5, 5.41) is 11.6. The van der Waals surface area contributed by atoms with Crippen LogP contribution in [-0.4, -0.2) is 19.7 Å². The van der Waals surface area contributed by atoms with E-state index in [1.165, 1.54) is 10.6 Å². The number of nitrogens with two attached hydrogens (primary N) is 1. The molecule has 0 fully saturated rings. The smallest absolute Gasteiger partial charge is 0.154 e. The molecule has 0 amide bonds. The lowest BCUT2D eigenvalue weighted by Crippen LogP contribution is -2.37. The first-order valence-electron chi connectivity index (χ1n) is 6.38. The lowest BCUT2D eigenvalue weighted by atomic mass is 10.0. The van der Waals surface area contributed by atoms with E-state index in [2.05, 4.69) is 42.8 Å². The number of hydrogen-bond donors (Lipinski definition) is 2. The Balaban J connectivity index is 2.26. The Morgan fingerprint density at radius 3 is 2.37 bits per heavy atom. The average molecular weight is 267 g/mol. The Hall–Kier alpha value is -1.94. The van der Waals surface area contributed by atoms with Crippen LogP contribution in [0.2, 0.25) is 19.6 Å². The molecule has 0 saturated heterocycles. The average Bonchev–Trinajstić information content (AvgIpc) is 2.60. The van der Waals surface area contributed by atoms with E-state index in [-0.39, 0.29) is 5.84 Å². The molecule has 3 N–H and O–H groups in total. The van der Waals surface area contributed by atoms with Crippen molar-refractivity contribution in [2.24, 2.45) is 10.7 Å². The van der Waals surface area contributed by atoms with Crippen molar-refractivity contribution in [2.45, 2.75) is 19.6 Å². The van der Waals surface area contributed by atoms with Gasteiger partial charge in [0.05, 0.1) is 8.07 Å². The molecule has 19 heavy (non-hydrogen) atoms. The fraction of sp³-hybridized carbons (Fsp3) is 0.200. The monoisotopic (exact) mass is 267 g/mol. The van der Waals surface area contributed by atoms with E-state index < -0.39 is 8.07 Å². The van der Waals surface area contributed by atoms with Crippen molar-refractivity contribution in [1.29, 1.82) is 5.41 Å². The summed E-state index contributed by atoms with van der Waals surface area (Å²) in [6.07, 6.45) is 0. The van der Waals surface area contributed by atoms with Gasteiger partial charge in [0.15, 0.2) is 5.84 Å². The van der Waals surface area contributed by atoms with Crippen molar-refractivity contribution in [3.05, 3.63) is 41.5 Å². The van der Waals surface area contributed by atoms with Gasteiger partial charge in [-0.1, -0.05) is 43.0 Å². The van der Waals surface area contributed by atoms with E-state index in [9.17, 15) is 0 Å². The first kappa shape index (κ1) is 12.1. The van der Waals surface area contributed by atoms with Crippen LogP contribution in [0.1, 0.15) is 11.1 Å². The molecule has 0 unspecified atom stereocenters. The largest absolute Gasteiger partial charge is 0.383 e. The Morgan fingerprint density at radius 1 is 1.00 bits per heavy atom. The molecule has 1 aliphatic rings. The molecular formula is C15H17N3Si. The van der Waals surface area contributed by atoms with Crippen LogP contribution in [0, 0.1) is 5.41 Å². The third-order valence-electron chi connectivity index (χ3n) is 3.61. The molecule has 0 aliphatic carbocycles. The highest BCUT2D eigenvalue weighted by Crippen LogP contribution is 2.24. The number of nitrogens with zero attached hydrogens (tertiary/aromatic N) is 1. The van der Waals surface area contributed by atoms with Crippen LogP contribution in [-0.2, 0) is 0 Å². The van der Waals surface area contributed by atoms with Gasteiger partial charge in [0, 0.05) is 11.1 Å². The lowest BCUT2D eigenvalue weighted by Gasteiger charge is -2.17. The minimum Gasteiger partial charge on any atom is -0.383 e. The van der Waals surface area contributed by atoms with Crippen LogP contribution in [0.4, 0.5) is 0 Å². The summed E-state index contributed by atoms with van der Waals surface area (Å²) in [5.74, 6) is 0.726. The lowest BCUT2D eigenvalue weighted by molar-refractivity contribution is 1.45. The minimum absolute atomic E-state index is 0.271. The van der Waals surface area contributed by atoms with E-state index in [0.717, 1.165) is 16.5 Å². The second kappa shape index (κ2) is 3.77. The summed E-state index contributed by atoms with van der Waals surface area (Å²) in [6, 6.07) is 10.7. The molecule has 0 saturated carbocycles. The van der Waals surface area contributed by atoms with Crippen LogP contribution in [0.5, 0.6) is 0 Å². The number of amidine groups is 2. The van der Waals surface area contributed by atoms with Crippen molar-refractivity contribution >= 4 is 35.7 Å². The molecule has 2 aromatic rings. The molecule has 0 bridgehead atoms. The van der Waals surface area contributed by atoms with Crippen LogP contribution in [0.15, 0.2) is 35.3 Å². The maximum atomic E-state index is 7.85. The van der Waals surface area contributed by atoms with Gasteiger partial charge in [-0.2, -0.15) is 0 Å². The predicted octanol–water partition coefficient (Wildman–Crippen LogP) is 2.43. The highest BCUT2D eigenvalue weighted by molar-refractivity contribution is 6.88. The molecule has 1 aliphatic heterocycles. The summed E-state index contributed by atoms with van der Waals surface area (Å²) in [6.45, 7) is 7.01. The SMILES string of the molecule is C[Si](C)(C)c1ccc2cc3c(cc2c1)C(=N)N=C3N. The summed E-state index contributed by atoms with van der Waals surface area (Å²) < 4.78 is 0. The summed E-state index contributed by atoms with van der Waals surface area (Å²) in [5.41, 5.74) is 7.58. The zero-order valence-corrected chi connectivity index (χ0v) is 12.4. The molecule has 0 spiro atoms. The molecule has 3 rings (SSSR count). The fourth-order valence-corrected chi connectivity index (χ4v) is 3.58. The van der Waals surface area contributed by atoms with Gasteiger partial charge in [-0.05, 0) is 22.9 Å². The third kappa shape index (κ3) is 1.88. The van der Waals surface area contributed by atoms with Gasteiger partial charge in [0.2, 0.25) is 0 Å². The highest BCUT2D eigenvalue weighted by atomic mass is 28.3. The van der Waals surface area contributed by atoms with Gasteiger partial charge in [0.1, 0.15) is 5.84 Å². The van der Waals surface area contributed by atoms with Gasteiger partial charge < -0.3 is 5.73 Å². The number of nitrogens with one attached hydrogen (secondary N) is 1. The molecule has 96 valence electrons. The van der Waals surface area contributed by atoms with Gasteiger partial charge in [-0.3, -0.25) is 5.41 Å². The quantitative estimate of drug-likeness (QED) is 0.766. The second-order valence-corrected chi connectivity index (χ2v) is 11.1. The molecular weight excluding hydrogens is 250 g/mol. The topological polar surface area (TPSA) is 62.2 Å². The molecule has 4 heteroatoms. The van der Waals surface area contributed by atoms with Gasteiger partial charge in [-0.25, -0.2) is 4.99 Å². The Kier molecular flexibility index (Phi) is 2.41. The molecule has 1 heterocycles. The number of benzene rings is 2.